The highest BCUT2D eigenvalue weighted by atomic mass is 16.5. The molecule has 0 aromatic heterocycles. The minimum atomic E-state index is -0.361. The number of carbonyl (C=O) groups excluding carboxylic acids is 1. The minimum Gasteiger partial charge on any atom is -0.493 e. The van der Waals surface area contributed by atoms with E-state index < -0.39 is 0 Å². The topological polar surface area (TPSA) is 62.1 Å². The standard InChI is InChI=1S/C19H20N2O2/c1-4-23-18-10-9-14(16-7-5-6-8-17(16)18)11-15(12-20)19(22)21-13(2)3/h5-11,13H,4H2,1-3H3,(H,21,22)/b15-11-. The van der Waals surface area contributed by atoms with Gasteiger partial charge in [0.15, 0.2) is 0 Å². The number of carbonyl (C=O) groups is 1. The summed E-state index contributed by atoms with van der Waals surface area (Å²) in [7, 11) is 0. The average molecular weight is 308 g/mol. The molecule has 0 bridgehead atoms. The number of rotatable bonds is 5. The summed E-state index contributed by atoms with van der Waals surface area (Å²) in [5, 5.41) is 13.9. The van der Waals surface area contributed by atoms with E-state index >= 15 is 0 Å². The normalized spacial score (nSPS) is 11.3. The van der Waals surface area contributed by atoms with E-state index in [2.05, 4.69) is 5.32 Å². The molecule has 0 saturated heterocycles. The third-order valence-corrected chi connectivity index (χ3v) is 3.30. The highest BCUT2D eigenvalue weighted by Gasteiger charge is 2.12. The predicted octanol–water partition coefficient (Wildman–Crippen LogP) is 3.67. The predicted molar refractivity (Wildman–Crippen MR) is 92.0 cm³/mol. The van der Waals surface area contributed by atoms with Crippen LogP contribution in [0.5, 0.6) is 5.75 Å². The molecule has 0 unspecified atom stereocenters. The van der Waals surface area contributed by atoms with Crippen molar-refractivity contribution < 1.29 is 9.53 Å². The second-order valence-electron chi connectivity index (χ2n) is 5.43. The molecule has 0 aliphatic rings. The maximum Gasteiger partial charge on any atom is 0.262 e. The SMILES string of the molecule is CCOc1ccc(/C=C(/C#N)C(=O)NC(C)C)c2ccccc12. The van der Waals surface area contributed by atoms with E-state index in [1.807, 2.05) is 63.2 Å². The van der Waals surface area contributed by atoms with Gasteiger partial charge in [-0.1, -0.05) is 30.3 Å². The van der Waals surface area contributed by atoms with E-state index in [0.29, 0.717) is 6.61 Å². The molecule has 2 rings (SSSR count). The lowest BCUT2D eigenvalue weighted by molar-refractivity contribution is -0.117. The summed E-state index contributed by atoms with van der Waals surface area (Å²) in [5.41, 5.74) is 0.910. The fourth-order valence-corrected chi connectivity index (χ4v) is 2.35. The summed E-state index contributed by atoms with van der Waals surface area (Å²) >= 11 is 0. The Morgan fingerprint density at radius 2 is 1.96 bits per heavy atom. The van der Waals surface area contributed by atoms with Gasteiger partial charge in [-0.3, -0.25) is 4.79 Å². The van der Waals surface area contributed by atoms with E-state index in [4.69, 9.17) is 4.74 Å². The van der Waals surface area contributed by atoms with Crippen LogP contribution in [-0.2, 0) is 4.79 Å². The first-order chi connectivity index (χ1) is 11.1. The van der Waals surface area contributed by atoms with Gasteiger partial charge in [0.05, 0.1) is 6.61 Å². The van der Waals surface area contributed by atoms with Gasteiger partial charge >= 0.3 is 0 Å². The highest BCUT2D eigenvalue weighted by Crippen LogP contribution is 2.29. The van der Waals surface area contributed by atoms with E-state index in [0.717, 1.165) is 22.1 Å². The van der Waals surface area contributed by atoms with Crippen LogP contribution in [0.1, 0.15) is 26.3 Å². The lowest BCUT2D eigenvalue weighted by Crippen LogP contribution is -2.30. The van der Waals surface area contributed by atoms with E-state index in [1.54, 1.807) is 6.08 Å². The van der Waals surface area contributed by atoms with Crippen LogP contribution >= 0.6 is 0 Å². The Labute approximate surface area is 136 Å². The first-order valence-corrected chi connectivity index (χ1v) is 7.64. The van der Waals surface area contributed by atoms with Gasteiger partial charge in [-0.25, -0.2) is 0 Å². The number of fused-ring (bicyclic) bond motifs is 1. The fraction of sp³-hybridized carbons (Fsp3) is 0.263. The Morgan fingerprint density at radius 1 is 1.26 bits per heavy atom. The molecule has 23 heavy (non-hydrogen) atoms. The second kappa shape index (κ2) is 7.46. The van der Waals surface area contributed by atoms with Gasteiger partial charge in [-0.15, -0.1) is 0 Å². The number of amides is 1. The first-order valence-electron chi connectivity index (χ1n) is 7.64. The number of hydrogen-bond donors (Lipinski definition) is 1. The van der Waals surface area contributed by atoms with Crippen LogP contribution in [-0.4, -0.2) is 18.6 Å². The van der Waals surface area contributed by atoms with Crippen LogP contribution < -0.4 is 10.1 Å². The largest absolute Gasteiger partial charge is 0.493 e. The number of ether oxygens (including phenoxy) is 1. The quantitative estimate of drug-likeness (QED) is 0.677. The van der Waals surface area contributed by atoms with Gasteiger partial charge in [0.2, 0.25) is 0 Å². The van der Waals surface area contributed by atoms with E-state index in [1.165, 1.54) is 0 Å². The maximum atomic E-state index is 12.1. The van der Waals surface area contributed by atoms with Gasteiger partial charge in [0.25, 0.3) is 5.91 Å². The molecule has 0 aliphatic carbocycles. The van der Waals surface area contributed by atoms with Crippen LogP contribution in [0.4, 0.5) is 0 Å². The Morgan fingerprint density at radius 3 is 2.57 bits per heavy atom. The molecule has 0 radical (unpaired) electrons. The van der Waals surface area contributed by atoms with Crippen molar-refractivity contribution in [3.8, 4) is 11.8 Å². The maximum absolute atomic E-state index is 12.1. The first kappa shape index (κ1) is 16.6. The zero-order valence-electron chi connectivity index (χ0n) is 13.6. The third kappa shape index (κ3) is 3.89. The smallest absolute Gasteiger partial charge is 0.262 e. The summed E-state index contributed by atoms with van der Waals surface area (Å²) in [6.07, 6.45) is 1.62. The highest BCUT2D eigenvalue weighted by molar-refractivity contribution is 6.04. The van der Waals surface area contributed by atoms with Gasteiger partial charge in [-0.2, -0.15) is 5.26 Å². The Bertz CT molecular complexity index is 786. The zero-order chi connectivity index (χ0) is 16.8. The van der Waals surface area contributed by atoms with Crippen LogP contribution in [0, 0.1) is 11.3 Å². The molecule has 0 atom stereocenters. The molecule has 0 heterocycles. The number of nitriles is 1. The van der Waals surface area contributed by atoms with Gasteiger partial charge in [0.1, 0.15) is 17.4 Å². The van der Waals surface area contributed by atoms with Crippen molar-refractivity contribution >= 4 is 22.8 Å². The van der Waals surface area contributed by atoms with Crippen molar-refractivity contribution in [3.63, 3.8) is 0 Å². The molecule has 1 amide bonds. The van der Waals surface area contributed by atoms with Gasteiger partial charge in [0, 0.05) is 11.4 Å². The van der Waals surface area contributed by atoms with Crippen LogP contribution in [0.15, 0.2) is 42.0 Å². The lowest BCUT2D eigenvalue weighted by atomic mass is 10.0. The molecule has 118 valence electrons. The van der Waals surface area contributed by atoms with Gasteiger partial charge in [-0.05, 0) is 43.9 Å². The summed E-state index contributed by atoms with van der Waals surface area (Å²) in [6.45, 7) is 6.24. The fourth-order valence-electron chi connectivity index (χ4n) is 2.35. The Kier molecular flexibility index (Phi) is 5.37. The molecule has 0 spiro atoms. The van der Waals surface area contributed by atoms with E-state index in [9.17, 15) is 10.1 Å². The molecule has 4 heteroatoms. The van der Waals surface area contributed by atoms with Crippen molar-refractivity contribution in [2.24, 2.45) is 0 Å². The number of hydrogen-bond acceptors (Lipinski definition) is 3. The average Bonchev–Trinajstić information content (AvgIpc) is 2.53. The van der Waals surface area contributed by atoms with Crippen molar-refractivity contribution in [2.75, 3.05) is 6.61 Å². The molecule has 1 N–H and O–H groups in total. The molecular formula is C19H20N2O2. The number of benzene rings is 2. The van der Waals surface area contributed by atoms with Crippen molar-refractivity contribution in [2.45, 2.75) is 26.8 Å². The molecule has 2 aromatic carbocycles. The minimum absolute atomic E-state index is 0.0173. The van der Waals surface area contributed by atoms with Gasteiger partial charge < -0.3 is 10.1 Å². The molecule has 0 fully saturated rings. The second-order valence-corrected chi connectivity index (χ2v) is 5.43. The number of nitrogens with zero attached hydrogens (tertiary/aromatic N) is 1. The third-order valence-electron chi connectivity index (χ3n) is 3.30. The Balaban J connectivity index is 2.51. The van der Waals surface area contributed by atoms with Crippen molar-refractivity contribution in [1.29, 1.82) is 5.26 Å². The summed E-state index contributed by atoms with van der Waals surface area (Å²) < 4.78 is 5.64. The molecule has 0 saturated carbocycles. The Hall–Kier alpha value is -2.80. The molecule has 4 nitrogen and oxygen atoms in total. The summed E-state index contributed by atoms with van der Waals surface area (Å²) in [4.78, 5) is 12.1. The summed E-state index contributed by atoms with van der Waals surface area (Å²) in [6, 6.07) is 13.5. The van der Waals surface area contributed by atoms with Crippen LogP contribution in [0.3, 0.4) is 0 Å². The molecule has 0 aliphatic heterocycles. The van der Waals surface area contributed by atoms with Crippen molar-refractivity contribution in [1.82, 2.24) is 5.32 Å². The lowest BCUT2D eigenvalue weighted by Gasteiger charge is -2.11. The van der Waals surface area contributed by atoms with Crippen LogP contribution in [0.25, 0.3) is 16.8 Å². The van der Waals surface area contributed by atoms with Crippen molar-refractivity contribution in [3.05, 3.63) is 47.5 Å². The summed E-state index contributed by atoms with van der Waals surface area (Å²) in [5.74, 6) is 0.436. The number of nitrogens with one attached hydrogen (secondary N) is 1. The van der Waals surface area contributed by atoms with E-state index in [-0.39, 0.29) is 17.5 Å². The van der Waals surface area contributed by atoms with Crippen LogP contribution in [0.2, 0.25) is 0 Å². The monoisotopic (exact) mass is 308 g/mol. The molecular weight excluding hydrogens is 288 g/mol. The molecule has 2 aromatic rings. The zero-order valence-corrected chi connectivity index (χ0v) is 13.6.